The molecule has 2 aromatic carbocycles. The van der Waals surface area contributed by atoms with Gasteiger partial charge < -0.3 is 20.3 Å². The summed E-state index contributed by atoms with van der Waals surface area (Å²) in [6, 6.07) is 16.3. The van der Waals surface area contributed by atoms with E-state index < -0.39 is 5.41 Å². The van der Waals surface area contributed by atoms with E-state index in [0.29, 0.717) is 30.3 Å². The van der Waals surface area contributed by atoms with Gasteiger partial charge in [0, 0.05) is 43.5 Å². The summed E-state index contributed by atoms with van der Waals surface area (Å²) in [4.78, 5) is 27.8. The number of carbonyl (C=O) groups is 2. The Morgan fingerprint density at radius 1 is 1.06 bits per heavy atom. The Labute approximate surface area is 197 Å². The lowest BCUT2D eigenvalue weighted by molar-refractivity contribution is -0.123. The SMILES string of the molecule is COCCNC(=O)c1cc(NC(=O)C(C)(C)C)ccc1N1CCC(Cc2ccccc2)CC1. The van der Waals surface area contributed by atoms with Gasteiger partial charge in [0.15, 0.2) is 0 Å². The molecule has 0 atom stereocenters. The molecule has 1 aliphatic heterocycles. The zero-order chi connectivity index (χ0) is 23.8. The van der Waals surface area contributed by atoms with Crippen LogP contribution in [0.1, 0.15) is 49.5 Å². The monoisotopic (exact) mass is 451 g/mol. The fourth-order valence-corrected chi connectivity index (χ4v) is 4.08. The number of anilines is 2. The minimum atomic E-state index is -0.514. The maximum atomic E-state index is 13.0. The predicted molar refractivity (Wildman–Crippen MR) is 134 cm³/mol. The van der Waals surface area contributed by atoms with Crippen LogP contribution in [0, 0.1) is 11.3 Å². The van der Waals surface area contributed by atoms with Crippen LogP contribution in [-0.2, 0) is 16.0 Å². The minimum absolute atomic E-state index is 0.0808. The number of ether oxygens (including phenoxy) is 1. The molecule has 0 saturated carbocycles. The molecular weight excluding hydrogens is 414 g/mol. The fourth-order valence-electron chi connectivity index (χ4n) is 4.08. The van der Waals surface area contributed by atoms with Crippen molar-refractivity contribution in [3.05, 3.63) is 59.7 Å². The Hall–Kier alpha value is -2.86. The second kappa shape index (κ2) is 11.3. The molecule has 2 amide bonds. The molecule has 6 nitrogen and oxygen atoms in total. The third kappa shape index (κ3) is 7.06. The molecule has 1 fully saturated rings. The van der Waals surface area contributed by atoms with Crippen molar-refractivity contribution in [1.29, 1.82) is 0 Å². The molecule has 1 heterocycles. The number of nitrogens with zero attached hydrogens (tertiary/aromatic N) is 1. The topological polar surface area (TPSA) is 70.7 Å². The average Bonchev–Trinajstić information content (AvgIpc) is 2.80. The Morgan fingerprint density at radius 3 is 2.39 bits per heavy atom. The zero-order valence-electron chi connectivity index (χ0n) is 20.3. The predicted octanol–water partition coefficient (Wildman–Crippen LogP) is 4.51. The molecule has 2 aromatic rings. The Morgan fingerprint density at radius 2 is 1.76 bits per heavy atom. The van der Waals surface area contributed by atoms with E-state index in [9.17, 15) is 9.59 Å². The number of hydrogen-bond donors (Lipinski definition) is 2. The van der Waals surface area contributed by atoms with E-state index in [2.05, 4.69) is 45.9 Å². The first-order valence-corrected chi connectivity index (χ1v) is 11.8. The van der Waals surface area contributed by atoms with Crippen LogP contribution < -0.4 is 15.5 Å². The van der Waals surface area contributed by atoms with Gasteiger partial charge in [-0.2, -0.15) is 0 Å². The Kier molecular flexibility index (Phi) is 8.50. The molecular formula is C27H37N3O3. The van der Waals surface area contributed by atoms with E-state index in [1.807, 2.05) is 32.9 Å². The molecule has 0 aromatic heterocycles. The van der Waals surface area contributed by atoms with Gasteiger partial charge in [0.25, 0.3) is 5.91 Å². The number of carbonyl (C=O) groups excluding carboxylic acids is 2. The smallest absolute Gasteiger partial charge is 0.253 e. The fraction of sp³-hybridized carbons (Fsp3) is 0.481. The van der Waals surface area contributed by atoms with Crippen molar-refractivity contribution >= 4 is 23.2 Å². The second-order valence-corrected chi connectivity index (χ2v) is 9.80. The van der Waals surface area contributed by atoms with E-state index >= 15 is 0 Å². The van der Waals surface area contributed by atoms with Crippen molar-refractivity contribution in [2.24, 2.45) is 11.3 Å². The molecule has 0 unspecified atom stereocenters. The summed E-state index contributed by atoms with van der Waals surface area (Å²) in [6.45, 7) is 8.31. The summed E-state index contributed by atoms with van der Waals surface area (Å²) >= 11 is 0. The number of nitrogens with one attached hydrogen (secondary N) is 2. The number of rotatable bonds is 8. The highest BCUT2D eigenvalue weighted by molar-refractivity contribution is 6.02. The maximum Gasteiger partial charge on any atom is 0.253 e. The largest absolute Gasteiger partial charge is 0.383 e. The number of benzene rings is 2. The molecule has 0 aliphatic carbocycles. The van der Waals surface area contributed by atoms with Crippen LogP contribution in [0.4, 0.5) is 11.4 Å². The van der Waals surface area contributed by atoms with E-state index in [-0.39, 0.29) is 11.8 Å². The quantitative estimate of drug-likeness (QED) is 0.580. The molecule has 0 radical (unpaired) electrons. The number of methoxy groups -OCH3 is 1. The van der Waals surface area contributed by atoms with Gasteiger partial charge in [-0.1, -0.05) is 51.1 Å². The molecule has 1 aliphatic rings. The normalized spacial score (nSPS) is 14.7. The van der Waals surface area contributed by atoms with Crippen LogP contribution in [0.3, 0.4) is 0 Å². The van der Waals surface area contributed by atoms with Crippen LogP contribution in [0.25, 0.3) is 0 Å². The minimum Gasteiger partial charge on any atom is -0.383 e. The van der Waals surface area contributed by atoms with Gasteiger partial charge in [-0.3, -0.25) is 9.59 Å². The van der Waals surface area contributed by atoms with Crippen molar-refractivity contribution in [1.82, 2.24) is 5.32 Å². The Balaban J connectivity index is 1.74. The first-order valence-electron chi connectivity index (χ1n) is 11.8. The molecule has 0 spiro atoms. The van der Waals surface area contributed by atoms with E-state index in [1.54, 1.807) is 13.2 Å². The maximum absolute atomic E-state index is 13.0. The summed E-state index contributed by atoms with van der Waals surface area (Å²) in [5, 5.41) is 5.88. The number of amides is 2. The highest BCUT2D eigenvalue weighted by Crippen LogP contribution is 2.30. The van der Waals surface area contributed by atoms with Crippen LogP contribution in [0.2, 0.25) is 0 Å². The zero-order valence-corrected chi connectivity index (χ0v) is 20.3. The standard InChI is InChI=1S/C27H37N3O3/c1-27(2,3)26(32)29-22-10-11-24(23(19-22)25(31)28-14-17-33-4)30-15-12-21(13-16-30)18-20-8-6-5-7-9-20/h5-11,19,21H,12-18H2,1-4H3,(H,28,31)(H,29,32). The molecule has 3 rings (SSSR count). The van der Waals surface area contributed by atoms with Gasteiger partial charge in [-0.15, -0.1) is 0 Å². The average molecular weight is 452 g/mol. The van der Waals surface area contributed by atoms with Crippen molar-refractivity contribution in [2.75, 3.05) is 43.6 Å². The molecule has 6 heteroatoms. The van der Waals surface area contributed by atoms with Crippen molar-refractivity contribution in [3.63, 3.8) is 0 Å². The van der Waals surface area contributed by atoms with Crippen LogP contribution in [0.5, 0.6) is 0 Å². The number of hydrogen-bond acceptors (Lipinski definition) is 4. The van der Waals surface area contributed by atoms with E-state index in [0.717, 1.165) is 38.0 Å². The molecule has 2 N–H and O–H groups in total. The highest BCUT2D eigenvalue weighted by Gasteiger charge is 2.25. The molecule has 33 heavy (non-hydrogen) atoms. The van der Waals surface area contributed by atoms with E-state index in [1.165, 1.54) is 5.56 Å². The lowest BCUT2D eigenvalue weighted by atomic mass is 9.89. The van der Waals surface area contributed by atoms with Gasteiger partial charge in [-0.25, -0.2) is 0 Å². The van der Waals surface area contributed by atoms with E-state index in [4.69, 9.17) is 4.74 Å². The third-order valence-electron chi connectivity index (χ3n) is 6.09. The van der Waals surface area contributed by atoms with Crippen LogP contribution >= 0.6 is 0 Å². The third-order valence-corrected chi connectivity index (χ3v) is 6.09. The van der Waals surface area contributed by atoms with Crippen LogP contribution in [0.15, 0.2) is 48.5 Å². The summed E-state index contributed by atoms with van der Waals surface area (Å²) in [5.41, 5.74) is 3.00. The first kappa shape index (κ1) is 24.8. The van der Waals surface area contributed by atoms with Gasteiger partial charge >= 0.3 is 0 Å². The summed E-state index contributed by atoms with van der Waals surface area (Å²) in [7, 11) is 1.61. The van der Waals surface area contributed by atoms with Crippen molar-refractivity contribution in [2.45, 2.75) is 40.0 Å². The van der Waals surface area contributed by atoms with Gasteiger partial charge in [0.05, 0.1) is 12.2 Å². The van der Waals surface area contributed by atoms with Crippen LogP contribution in [-0.4, -0.2) is 45.2 Å². The lowest BCUT2D eigenvalue weighted by Crippen LogP contribution is -2.36. The summed E-state index contributed by atoms with van der Waals surface area (Å²) < 4.78 is 5.07. The van der Waals surface area contributed by atoms with Crippen molar-refractivity contribution < 1.29 is 14.3 Å². The second-order valence-electron chi connectivity index (χ2n) is 9.80. The molecule has 0 bridgehead atoms. The summed E-state index contributed by atoms with van der Waals surface area (Å²) in [5.74, 6) is 0.413. The van der Waals surface area contributed by atoms with Gasteiger partial charge in [-0.05, 0) is 48.9 Å². The van der Waals surface area contributed by atoms with Gasteiger partial charge in [0.2, 0.25) is 5.91 Å². The molecule has 178 valence electrons. The highest BCUT2D eigenvalue weighted by atomic mass is 16.5. The summed E-state index contributed by atoms with van der Waals surface area (Å²) in [6.07, 6.45) is 3.26. The Bertz CT molecular complexity index is 929. The lowest BCUT2D eigenvalue weighted by Gasteiger charge is -2.35. The number of piperidine rings is 1. The molecule has 1 saturated heterocycles. The first-order chi connectivity index (χ1) is 15.8. The van der Waals surface area contributed by atoms with Gasteiger partial charge in [0.1, 0.15) is 0 Å². The van der Waals surface area contributed by atoms with Crippen molar-refractivity contribution in [3.8, 4) is 0 Å².